The molecular weight excluding hydrogens is 432 g/mol. The highest BCUT2D eigenvalue weighted by molar-refractivity contribution is 7.89. The van der Waals surface area contributed by atoms with E-state index < -0.39 is 10.0 Å². The average Bonchev–Trinajstić information content (AvgIpc) is 2.83. The van der Waals surface area contributed by atoms with Crippen LogP contribution in [0.15, 0.2) is 53.4 Å². The van der Waals surface area contributed by atoms with Crippen LogP contribution < -0.4 is 14.8 Å². The van der Waals surface area contributed by atoms with E-state index in [1.54, 1.807) is 30.3 Å². The standard InChI is InChI=1S/C23H26N2O6S/c26-23(24-10-9-19-3-7-21-22(17-19)31-16-15-30-21)8-4-18-1-5-20(6-2-18)32(27,28)25-11-13-29-14-12-25/h1-8,17H,9-16H2,(H,24,26)/b8-4+. The summed E-state index contributed by atoms with van der Waals surface area (Å²) >= 11 is 0. The molecule has 0 aromatic heterocycles. The van der Waals surface area contributed by atoms with Gasteiger partial charge in [0.15, 0.2) is 11.5 Å². The first kappa shape index (κ1) is 22.3. The van der Waals surface area contributed by atoms with Crippen molar-refractivity contribution in [1.82, 2.24) is 9.62 Å². The summed E-state index contributed by atoms with van der Waals surface area (Å²) in [5.74, 6) is 1.27. The summed E-state index contributed by atoms with van der Waals surface area (Å²) in [4.78, 5) is 12.4. The van der Waals surface area contributed by atoms with Gasteiger partial charge < -0.3 is 19.5 Å². The van der Waals surface area contributed by atoms with E-state index in [1.165, 1.54) is 10.4 Å². The van der Waals surface area contributed by atoms with Gasteiger partial charge in [-0.25, -0.2) is 8.42 Å². The number of nitrogens with zero attached hydrogens (tertiary/aromatic N) is 1. The Morgan fingerprint density at radius 2 is 1.69 bits per heavy atom. The van der Waals surface area contributed by atoms with Crippen molar-refractivity contribution in [1.29, 1.82) is 0 Å². The molecular formula is C23H26N2O6S. The van der Waals surface area contributed by atoms with Crippen molar-refractivity contribution in [2.75, 3.05) is 46.1 Å². The summed E-state index contributed by atoms with van der Waals surface area (Å²) in [7, 11) is -3.52. The molecule has 0 aliphatic carbocycles. The summed E-state index contributed by atoms with van der Waals surface area (Å²) in [6.45, 7) is 3.11. The van der Waals surface area contributed by atoms with Crippen molar-refractivity contribution in [3.63, 3.8) is 0 Å². The topological polar surface area (TPSA) is 94.2 Å². The van der Waals surface area contributed by atoms with Gasteiger partial charge in [-0.15, -0.1) is 0 Å². The molecule has 32 heavy (non-hydrogen) atoms. The molecule has 2 aromatic rings. The van der Waals surface area contributed by atoms with Gasteiger partial charge in [0, 0.05) is 25.7 Å². The molecule has 1 amide bonds. The highest BCUT2D eigenvalue weighted by Crippen LogP contribution is 2.30. The number of morpholine rings is 1. The molecule has 170 valence electrons. The molecule has 1 saturated heterocycles. The van der Waals surface area contributed by atoms with E-state index in [0.717, 1.165) is 22.6 Å². The molecule has 4 rings (SSSR count). The van der Waals surface area contributed by atoms with E-state index >= 15 is 0 Å². The molecule has 0 bridgehead atoms. The lowest BCUT2D eigenvalue weighted by Crippen LogP contribution is -2.40. The second-order valence-electron chi connectivity index (χ2n) is 7.44. The zero-order chi connectivity index (χ0) is 22.4. The molecule has 0 radical (unpaired) electrons. The Hall–Kier alpha value is -2.88. The van der Waals surface area contributed by atoms with Gasteiger partial charge >= 0.3 is 0 Å². The number of rotatable bonds is 7. The maximum Gasteiger partial charge on any atom is 0.244 e. The summed E-state index contributed by atoms with van der Waals surface area (Å²) < 4.78 is 43.0. The lowest BCUT2D eigenvalue weighted by molar-refractivity contribution is -0.116. The highest BCUT2D eigenvalue weighted by atomic mass is 32.2. The molecule has 2 aromatic carbocycles. The van der Waals surface area contributed by atoms with Gasteiger partial charge in [0.2, 0.25) is 15.9 Å². The number of hydrogen-bond donors (Lipinski definition) is 1. The number of fused-ring (bicyclic) bond motifs is 1. The predicted octanol–water partition coefficient (Wildman–Crippen LogP) is 1.85. The SMILES string of the molecule is O=C(/C=C/c1ccc(S(=O)(=O)N2CCOCC2)cc1)NCCc1ccc2c(c1)OCCO2. The Kier molecular flexibility index (Phi) is 7.09. The number of hydrogen-bond acceptors (Lipinski definition) is 6. The largest absolute Gasteiger partial charge is 0.486 e. The first-order valence-corrected chi connectivity index (χ1v) is 12.0. The van der Waals surface area contributed by atoms with Crippen molar-refractivity contribution in [3.8, 4) is 11.5 Å². The van der Waals surface area contributed by atoms with Crippen LogP contribution in [0.5, 0.6) is 11.5 Å². The molecule has 0 saturated carbocycles. The number of sulfonamides is 1. The Morgan fingerprint density at radius 1 is 0.969 bits per heavy atom. The van der Waals surface area contributed by atoms with E-state index in [-0.39, 0.29) is 10.8 Å². The fraction of sp³-hybridized carbons (Fsp3) is 0.348. The normalized spacial score (nSPS) is 16.8. The van der Waals surface area contributed by atoms with Crippen LogP contribution in [-0.2, 0) is 26.0 Å². The van der Waals surface area contributed by atoms with E-state index in [9.17, 15) is 13.2 Å². The number of carbonyl (C=O) groups excluding carboxylic acids is 1. The minimum Gasteiger partial charge on any atom is -0.486 e. The first-order chi connectivity index (χ1) is 15.5. The molecule has 1 fully saturated rings. The van der Waals surface area contributed by atoms with Crippen LogP contribution in [0.4, 0.5) is 0 Å². The minimum atomic E-state index is -3.52. The summed E-state index contributed by atoms with van der Waals surface area (Å²) in [6.07, 6.45) is 3.77. The average molecular weight is 459 g/mol. The van der Waals surface area contributed by atoms with Crippen LogP contribution >= 0.6 is 0 Å². The Bertz CT molecular complexity index is 1080. The van der Waals surface area contributed by atoms with Crippen molar-refractivity contribution < 1.29 is 27.4 Å². The van der Waals surface area contributed by atoms with Crippen molar-refractivity contribution in [3.05, 3.63) is 59.7 Å². The third-order valence-corrected chi connectivity index (χ3v) is 7.15. The van der Waals surface area contributed by atoms with Crippen LogP contribution in [0.2, 0.25) is 0 Å². The summed E-state index contributed by atoms with van der Waals surface area (Å²) in [6, 6.07) is 12.3. The van der Waals surface area contributed by atoms with E-state index in [4.69, 9.17) is 14.2 Å². The molecule has 9 heteroatoms. The van der Waals surface area contributed by atoms with Gasteiger partial charge in [0.25, 0.3) is 0 Å². The maximum atomic E-state index is 12.7. The van der Waals surface area contributed by atoms with Gasteiger partial charge in [0.1, 0.15) is 13.2 Å². The Labute approximate surface area is 187 Å². The molecule has 2 aliphatic rings. The summed E-state index contributed by atoms with van der Waals surface area (Å²) in [5.41, 5.74) is 1.79. The fourth-order valence-corrected chi connectivity index (χ4v) is 4.90. The van der Waals surface area contributed by atoms with Crippen LogP contribution in [0, 0.1) is 0 Å². The van der Waals surface area contributed by atoms with Gasteiger partial charge in [-0.3, -0.25) is 4.79 Å². The minimum absolute atomic E-state index is 0.215. The number of ether oxygens (including phenoxy) is 3. The smallest absolute Gasteiger partial charge is 0.244 e. The van der Waals surface area contributed by atoms with Gasteiger partial charge in [0.05, 0.1) is 18.1 Å². The lowest BCUT2D eigenvalue weighted by atomic mass is 10.1. The zero-order valence-corrected chi connectivity index (χ0v) is 18.5. The van der Waals surface area contributed by atoms with Crippen LogP contribution in [0.3, 0.4) is 0 Å². The quantitative estimate of drug-likeness (QED) is 0.637. The van der Waals surface area contributed by atoms with Gasteiger partial charge in [-0.05, 0) is 47.9 Å². The molecule has 2 aliphatic heterocycles. The van der Waals surface area contributed by atoms with Crippen LogP contribution in [-0.4, -0.2) is 64.7 Å². The highest BCUT2D eigenvalue weighted by Gasteiger charge is 2.25. The summed E-state index contributed by atoms with van der Waals surface area (Å²) in [5, 5.41) is 2.85. The lowest BCUT2D eigenvalue weighted by Gasteiger charge is -2.26. The van der Waals surface area contributed by atoms with Crippen molar-refractivity contribution in [2.45, 2.75) is 11.3 Å². The van der Waals surface area contributed by atoms with E-state index in [1.807, 2.05) is 18.2 Å². The zero-order valence-electron chi connectivity index (χ0n) is 17.7. The predicted molar refractivity (Wildman–Crippen MR) is 119 cm³/mol. The van der Waals surface area contributed by atoms with Gasteiger partial charge in [-0.2, -0.15) is 4.31 Å². The Balaban J connectivity index is 1.27. The van der Waals surface area contributed by atoms with E-state index in [0.29, 0.717) is 52.5 Å². The number of carbonyl (C=O) groups is 1. The maximum absolute atomic E-state index is 12.7. The van der Waals surface area contributed by atoms with Gasteiger partial charge in [-0.1, -0.05) is 18.2 Å². The third-order valence-electron chi connectivity index (χ3n) is 5.23. The molecule has 1 N–H and O–H groups in total. The second-order valence-corrected chi connectivity index (χ2v) is 9.38. The number of amides is 1. The molecule has 0 atom stereocenters. The van der Waals surface area contributed by atoms with Crippen LogP contribution in [0.25, 0.3) is 6.08 Å². The fourth-order valence-electron chi connectivity index (χ4n) is 3.49. The number of benzene rings is 2. The molecule has 0 unspecified atom stereocenters. The number of nitrogens with one attached hydrogen (secondary N) is 1. The monoisotopic (exact) mass is 458 g/mol. The van der Waals surface area contributed by atoms with Crippen molar-refractivity contribution in [2.24, 2.45) is 0 Å². The molecule has 0 spiro atoms. The first-order valence-electron chi connectivity index (χ1n) is 10.5. The van der Waals surface area contributed by atoms with Crippen molar-refractivity contribution >= 4 is 22.0 Å². The Morgan fingerprint density at radius 3 is 2.44 bits per heavy atom. The van der Waals surface area contributed by atoms with Crippen LogP contribution in [0.1, 0.15) is 11.1 Å². The molecule has 8 nitrogen and oxygen atoms in total. The third kappa shape index (κ3) is 5.48. The molecule has 2 heterocycles. The van der Waals surface area contributed by atoms with E-state index in [2.05, 4.69) is 5.32 Å². The second kappa shape index (κ2) is 10.2.